The molecule has 0 saturated heterocycles. The molecule has 0 radical (unpaired) electrons. The molecule has 3 heterocycles. The summed E-state index contributed by atoms with van der Waals surface area (Å²) in [5.41, 5.74) is 3.25. The third-order valence-electron chi connectivity index (χ3n) is 6.18. The standard InChI is InChI=1S/C31H34FN5O4/c1-31(2,3)30(39)41-19-37-18-26(20-9-10-33-27(32)15-20)25-14-22(17-34-29(25)37)21-12-23(16-24(13-21)40-6)35-28(38)8-7-11-36(4)5/h7-10,12-18H,11,19H2,1-6H3,(H,35,38). The maximum atomic E-state index is 14.1. The van der Waals surface area contributed by atoms with Gasteiger partial charge in [0.2, 0.25) is 11.9 Å². The van der Waals surface area contributed by atoms with Gasteiger partial charge in [0.05, 0.1) is 12.5 Å². The highest BCUT2D eigenvalue weighted by atomic mass is 19.1. The molecule has 1 N–H and O–H groups in total. The molecule has 214 valence electrons. The Morgan fingerprint density at radius 1 is 1.07 bits per heavy atom. The Bertz CT molecular complexity index is 1600. The maximum Gasteiger partial charge on any atom is 0.312 e. The fourth-order valence-electron chi connectivity index (χ4n) is 4.08. The highest BCUT2D eigenvalue weighted by Gasteiger charge is 2.24. The predicted molar refractivity (Wildman–Crippen MR) is 157 cm³/mol. The fraction of sp³-hybridized carbons (Fsp3) is 0.290. The number of nitrogens with one attached hydrogen (secondary N) is 1. The predicted octanol–water partition coefficient (Wildman–Crippen LogP) is 5.52. The average Bonchev–Trinajstić information content (AvgIpc) is 3.28. The number of amides is 1. The van der Waals surface area contributed by atoms with Crippen LogP contribution in [0, 0.1) is 11.4 Å². The van der Waals surface area contributed by atoms with Crippen molar-refractivity contribution >= 4 is 28.6 Å². The van der Waals surface area contributed by atoms with Gasteiger partial charge in [-0.3, -0.25) is 14.2 Å². The number of pyridine rings is 2. The van der Waals surface area contributed by atoms with E-state index in [1.165, 1.54) is 18.3 Å². The number of fused-ring (bicyclic) bond motifs is 1. The van der Waals surface area contributed by atoms with Crippen LogP contribution in [0.5, 0.6) is 5.75 Å². The van der Waals surface area contributed by atoms with Crippen LogP contribution in [0.25, 0.3) is 33.3 Å². The molecule has 0 atom stereocenters. The van der Waals surface area contributed by atoms with Crippen molar-refractivity contribution in [3.8, 4) is 28.0 Å². The van der Waals surface area contributed by atoms with Gasteiger partial charge >= 0.3 is 5.97 Å². The number of carbonyl (C=O) groups excluding carboxylic acids is 2. The zero-order chi connectivity index (χ0) is 29.7. The van der Waals surface area contributed by atoms with Crippen LogP contribution in [0.1, 0.15) is 20.8 Å². The van der Waals surface area contributed by atoms with Crippen molar-refractivity contribution in [1.29, 1.82) is 0 Å². The number of carbonyl (C=O) groups is 2. The molecule has 0 aliphatic rings. The lowest BCUT2D eigenvalue weighted by Gasteiger charge is -2.17. The molecule has 3 aromatic heterocycles. The molecule has 0 fully saturated rings. The van der Waals surface area contributed by atoms with E-state index < -0.39 is 11.4 Å². The minimum atomic E-state index is -0.664. The minimum absolute atomic E-state index is 0.0524. The zero-order valence-corrected chi connectivity index (χ0v) is 24.1. The topological polar surface area (TPSA) is 98.6 Å². The number of ether oxygens (including phenoxy) is 2. The van der Waals surface area contributed by atoms with E-state index in [9.17, 15) is 14.0 Å². The average molecular weight is 560 g/mol. The van der Waals surface area contributed by atoms with E-state index in [1.54, 1.807) is 63.1 Å². The number of hydrogen-bond donors (Lipinski definition) is 1. The third kappa shape index (κ3) is 7.34. The summed E-state index contributed by atoms with van der Waals surface area (Å²) in [5, 5.41) is 3.60. The molecule has 0 unspecified atom stereocenters. The highest BCUT2D eigenvalue weighted by molar-refractivity contribution is 6.00. The third-order valence-corrected chi connectivity index (χ3v) is 6.18. The van der Waals surface area contributed by atoms with Gasteiger partial charge in [0, 0.05) is 65.5 Å². The van der Waals surface area contributed by atoms with Crippen LogP contribution in [0.4, 0.5) is 10.1 Å². The number of methoxy groups -OCH3 is 1. The van der Waals surface area contributed by atoms with Gasteiger partial charge in [-0.1, -0.05) is 6.08 Å². The molecular formula is C31H34FN5O4. The Labute approximate surface area is 238 Å². The number of nitrogens with zero attached hydrogens (tertiary/aromatic N) is 4. The Morgan fingerprint density at radius 3 is 2.54 bits per heavy atom. The summed E-state index contributed by atoms with van der Waals surface area (Å²) in [6.07, 6.45) is 8.14. The summed E-state index contributed by atoms with van der Waals surface area (Å²) >= 11 is 0. The van der Waals surface area contributed by atoms with Crippen LogP contribution < -0.4 is 10.1 Å². The summed E-state index contributed by atoms with van der Waals surface area (Å²) in [6, 6.07) is 10.4. The number of hydrogen-bond acceptors (Lipinski definition) is 7. The Balaban J connectivity index is 1.75. The van der Waals surface area contributed by atoms with Crippen LogP contribution in [-0.2, 0) is 21.1 Å². The van der Waals surface area contributed by atoms with Gasteiger partial charge in [0.1, 0.15) is 11.4 Å². The van der Waals surface area contributed by atoms with Gasteiger partial charge in [-0.15, -0.1) is 0 Å². The van der Waals surface area contributed by atoms with Crippen LogP contribution in [0.2, 0.25) is 0 Å². The number of likely N-dealkylation sites (N-methyl/N-ethyl adjacent to an activating group) is 1. The monoisotopic (exact) mass is 559 g/mol. The van der Waals surface area contributed by atoms with Gasteiger partial charge in [-0.05, 0) is 70.3 Å². The molecule has 0 saturated carbocycles. The summed E-state index contributed by atoms with van der Waals surface area (Å²) in [4.78, 5) is 35.2. The second-order valence-corrected chi connectivity index (χ2v) is 10.9. The normalized spacial score (nSPS) is 11.8. The number of esters is 1. The van der Waals surface area contributed by atoms with Gasteiger partial charge in [-0.2, -0.15) is 4.39 Å². The first-order chi connectivity index (χ1) is 19.4. The molecule has 41 heavy (non-hydrogen) atoms. The molecule has 1 amide bonds. The molecule has 4 aromatic rings. The molecule has 0 aliphatic heterocycles. The van der Waals surface area contributed by atoms with E-state index in [1.807, 2.05) is 37.2 Å². The number of aromatic nitrogens is 3. The lowest BCUT2D eigenvalue weighted by Crippen LogP contribution is -2.23. The lowest BCUT2D eigenvalue weighted by atomic mass is 9.98. The molecule has 9 nitrogen and oxygen atoms in total. The first-order valence-electron chi connectivity index (χ1n) is 13.0. The van der Waals surface area contributed by atoms with Crippen LogP contribution in [0.3, 0.4) is 0 Å². The number of anilines is 1. The lowest BCUT2D eigenvalue weighted by molar-refractivity contribution is -0.156. The van der Waals surface area contributed by atoms with Gasteiger partial charge in [-0.25, -0.2) is 9.97 Å². The maximum absolute atomic E-state index is 14.1. The van der Waals surface area contributed by atoms with Crippen molar-refractivity contribution < 1.29 is 23.5 Å². The van der Waals surface area contributed by atoms with Crippen molar-refractivity contribution in [2.45, 2.75) is 27.5 Å². The summed E-state index contributed by atoms with van der Waals surface area (Å²) in [7, 11) is 5.40. The second kappa shape index (κ2) is 12.3. The van der Waals surface area contributed by atoms with Crippen molar-refractivity contribution in [2.75, 3.05) is 33.1 Å². The molecular weight excluding hydrogens is 525 g/mol. The smallest absolute Gasteiger partial charge is 0.312 e. The van der Waals surface area contributed by atoms with E-state index in [2.05, 4.69) is 15.3 Å². The molecule has 1 aromatic carbocycles. The number of halogens is 1. The van der Waals surface area contributed by atoms with E-state index >= 15 is 0 Å². The summed E-state index contributed by atoms with van der Waals surface area (Å²) < 4.78 is 26.8. The van der Waals surface area contributed by atoms with Gasteiger partial charge in [0.15, 0.2) is 6.73 Å². The fourth-order valence-corrected chi connectivity index (χ4v) is 4.08. The Morgan fingerprint density at radius 2 is 1.85 bits per heavy atom. The molecule has 10 heteroatoms. The van der Waals surface area contributed by atoms with Crippen molar-refractivity contribution in [3.63, 3.8) is 0 Å². The van der Waals surface area contributed by atoms with E-state index in [-0.39, 0.29) is 18.6 Å². The molecule has 0 aliphatic carbocycles. The summed E-state index contributed by atoms with van der Waals surface area (Å²) in [5.74, 6) is -0.670. The Kier molecular flexibility index (Phi) is 8.83. The SMILES string of the molecule is COc1cc(NC(=O)C=CCN(C)C)cc(-c2cnc3c(c2)c(-c2ccnc(F)c2)cn3COC(=O)C(C)(C)C)c1. The van der Waals surface area contributed by atoms with Gasteiger partial charge < -0.3 is 19.7 Å². The van der Waals surface area contributed by atoms with Crippen LogP contribution >= 0.6 is 0 Å². The molecule has 4 rings (SSSR count). The van der Waals surface area contributed by atoms with E-state index in [0.717, 1.165) is 16.5 Å². The first-order valence-corrected chi connectivity index (χ1v) is 13.0. The van der Waals surface area contributed by atoms with Crippen LogP contribution in [-0.4, -0.2) is 59.1 Å². The van der Waals surface area contributed by atoms with Gasteiger partial charge in [0.25, 0.3) is 0 Å². The quantitative estimate of drug-likeness (QED) is 0.164. The molecule has 0 bridgehead atoms. The number of benzene rings is 1. The first kappa shape index (κ1) is 29.4. The molecule has 0 spiro atoms. The van der Waals surface area contributed by atoms with Crippen molar-refractivity contribution in [3.05, 3.63) is 73.1 Å². The van der Waals surface area contributed by atoms with Crippen LogP contribution in [0.15, 0.2) is 67.1 Å². The minimum Gasteiger partial charge on any atom is -0.497 e. The van der Waals surface area contributed by atoms with E-state index in [0.29, 0.717) is 34.8 Å². The number of rotatable bonds is 9. The summed E-state index contributed by atoms with van der Waals surface area (Å²) in [6.45, 7) is 5.93. The largest absolute Gasteiger partial charge is 0.497 e. The van der Waals surface area contributed by atoms with E-state index in [4.69, 9.17) is 9.47 Å². The second-order valence-electron chi connectivity index (χ2n) is 10.9. The Hall–Kier alpha value is -4.57. The highest BCUT2D eigenvalue weighted by Crippen LogP contribution is 2.35. The zero-order valence-electron chi connectivity index (χ0n) is 24.1. The van der Waals surface area contributed by atoms with Crippen molar-refractivity contribution in [2.24, 2.45) is 5.41 Å². The van der Waals surface area contributed by atoms with Crippen molar-refractivity contribution in [1.82, 2.24) is 19.4 Å².